The fourth-order valence-corrected chi connectivity index (χ4v) is 0.183. The van der Waals surface area contributed by atoms with Gasteiger partial charge in [0.05, 0.1) is 0 Å². The Morgan fingerprint density at radius 3 is 1.88 bits per heavy atom. The van der Waals surface area contributed by atoms with Crippen LogP contribution in [-0.4, -0.2) is 4.87 Å². The fourth-order valence-electron chi connectivity index (χ4n) is 0.183. The monoisotopic (exact) mass is 128 g/mol. The number of rotatable bonds is 1. The molecule has 0 saturated carbocycles. The number of halogens is 1. The second-order valence-corrected chi connectivity index (χ2v) is 2.02. The Bertz CT molecular complexity index is 137. The Hall–Kier alpha value is -0.730. The lowest BCUT2D eigenvalue weighted by Crippen LogP contribution is -2.12. The molecule has 0 heterocycles. The lowest BCUT2D eigenvalue weighted by atomic mass is 10.1. The van der Waals surface area contributed by atoms with Gasteiger partial charge in [-0.05, 0) is 6.42 Å². The van der Waals surface area contributed by atoms with Gasteiger partial charge < -0.3 is 0 Å². The third-order valence-electron chi connectivity index (χ3n) is 0.842. The van der Waals surface area contributed by atoms with Gasteiger partial charge >= 0.3 is 0 Å². The van der Waals surface area contributed by atoms with E-state index in [1.807, 2.05) is 0 Å². The summed E-state index contributed by atoms with van der Waals surface area (Å²) in [6.07, 6.45) is 0.363. The van der Waals surface area contributed by atoms with E-state index in [0.29, 0.717) is 6.42 Å². The van der Waals surface area contributed by atoms with E-state index in [1.54, 1.807) is 19.1 Å². The molecule has 2 nitrogen and oxygen atoms in total. The molecule has 0 bridgehead atoms. The zero-order valence-electron chi connectivity index (χ0n) is 4.48. The van der Waals surface area contributed by atoms with E-state index in [1.165, 1.54) is 0 Å². The van der Waals surface area contributed by atoms with Crippen LogP contribution in [0.25, 0.3) is 0 Å². The second-order valence-electron chi connectivity index (χ2n) is 1.38. The van der Waals surface area contributed by atoms with Gasteiger partial charge in [-0.2, -0.15) is 10.5 Å². The molecule has 0 radical (unpaired) electrons. The van der Waals surface area contributed by atoms with Gasteiger partial charge in [0.2, 0.25) is 4.87 Å². The van der Waals surface area contributed by atoms with Crippen LogP contribution in [0.5, 0.6) is 0 Å². The Morgan fingerprint density at radius 2 is 1.88 bits per heavy atom. The molecule has 0 fully saturated rings. The molecule has 0 N–H and O–H groups in total. The number of nitrogens with zero attached hydrogens (tertiary/aromatic N) is 2. The molecular weight excluding hydrogens is 124 g/mol. The highest BCUT2D eigenvalue weighted by Crippen LogP contribution is 2.15. The number of alkyl halides is 1. The van der Waals surface area contributed by atoms with Crippen LogP contribution in [0.2, 0.25) is 0 Å². The first-order chi connectivity index (χ1) is 3.68. The molecule has 0 spiro atoms. The van der Waals surface area contributed by atoms with Gasteiger partial charge in [-0.3, -0.25) is 0 Å². The fraction of sp³-hybridized carbons (Fsp3) is 0.600. The second kappa shape index (κ2) is 2.55. The highest BCUT2D eigenvalue weighted by atomic mass is 35.5. The minimum absolute atomic E-state index is 0.363. The summed E-state index contributed by atoms with van der Waals surface area (Å²) < 4.78 is 0. The summed E-state index contributed by atoms with van der Waals surface area (Å²) in [4.78, 5) is -1.29. The molecule has 0 aliphatic carbocycles. The van der Waals surface area contributed by atoms with E-state index in [9.17, 15) is 0 Å². The van der Waals surface area contributed by atoms with Crippen molar-refractivity contribution >= 4 is 11.6 Å². The molecule has 0 amide bonds. The minimum atomic E-state index is -1.29. The van der Waals surface area contributed by atoms with Crippen molar-refractivity contribution in [3.8, 4) is 12.1 Å². The van der Waals surface area contributed by atoms with Crippen molar-refractivity contribution in [1.82, 2.24) is 0 Å². The number of nitriles is 2. The standard InChI is InChI=1S/C5H5ClN2/c1-2-5(6,3-7)4-8/h2H2,1H3. The van der Waals surface area contributed by atoms with Crippen LogP contribution in [0, 0.1) is 22.7 Å². The average molecular weight is 129 g/mol. The SMILES string of the molecule is CCC(Cl)(C#N)C#N. The van der Waals surface area contributed by atoms with Gasteiger partial charge in [0, 0.05) is 0 Å². The Labute approximate surface area is 53.3 Å². The summed E-state index contributed by atoms with van der Waals surface area (Å²) in [6, 6.07) is 3.36. The first-order valence-electron chi connectivity index (χ1n) is 2.20. The summed E-state index contributed by atoms with van der Waals surface area (Å²) in [7, 11) is 0. The zero-order valence-corrected chi connectivity index (χ0v) is 5.24. The Balaban J connectivity index is 4.11. The van der Waals surface area contributed by atoms with E-state index < -0.39 is 4.87 Å². The normalized spacial score (nSPS) is 9.50. The van der Waals surface area contributed by atoms with Crippen molar-refractivity contribution < 1.29 is 0 Å². The van der Waals surface area contributed by atoms with E-state index >= 15 is 0 Å². The smallest absolute Gasteiger partial charge is 0.195 e. The molecule has 0 aromatic carbocycles. The highest BCUT2D eigenvalue weighted by molar-refractivity contribution is 6.27. The average Bonchev–Trinajstić information content (AvgIpc) is 1.87. The van der Waals surface area contributed by atoms with Gasteiger partial charge in [0.25, 0.3) is 0 Å². The van der Waals surface area contributed by atoms with Gasteiger partial charge in [-0.1, -0.05) is 18.5 Å². The van der Waals surface area contributed by atoms with Crippen LogP contribution >= 0.6 is 11.6 Å². The Morgan fingerprint density at radius 1 is 1.50 bits per heavy atom. The first kappa shape index (κ1) is 7.27. The van der Waals surface area contributed by atoms with Crippen LogP contribution < -0.4 is 0 Å². The lowest BCUT2D eigenvalue weighted by molar-refractivity contribution is 0.841. The minimum Gasteiger partial charge on any atom is -0.195 e. The Kier molecular flexibility index (Phi) is 2.31. The third-order valence-corrected chi connectivity index (χ3v) is 1.28. The van der Waals surface area contributed by atoms with Crippen LogP contribution in [0.4, 0.5) is 0 Å². The van der Waals surface area contributed by atoms with Gasteiger partial charge in [0.15, 0.2) is 0 Å². The lowest BCUT2D eigenvalue weighted by Gasteiger charge is -2.01. The molecule has 0 aliphatic rings. The molecule has 0 aromatic rings. The molecule has 0 aliphatic heterocycles. The molecule has 0 rings (SSSR count). The van der Waals surface area contributed by atoms with Crippen molar-refractivity contribution in [3.05, 3.63) is 0 Å². The molecule has 8 heavy (non-hydrogen) atoms. The number of hydrogen-bond donors (Lipinski definition) is 0. The van der Waals surface area contributed by atoms with Crippen molar-refractivity contribution in [1.29, 1.82) is 10.5 Å². The summed E-state index contributed by atoms with van der Waals surface area (Å²) >= 11 is 5.37. The predicted octanol–water partition coefficient (Wildman–Crippen LogP) is 1.42. The quantitative estimate of drug-likeness (QED) is 0.502. The summed E-state index contributed by atoms with van der Waals surface area (Å²) in [5.41, 5.74) is 0. The molecule has 0 aromatic heterocycles. The number of hydrogen-bond acceptors (Lipinski definition) is 2. The van der Waals surface area contributed by atoms with Crippen LogP contribution in [-0.2, 0) is 0 Å². The third kappa shape index (κ3) is 1.40. The predicted molar refractivity (Wildman–Crippen MR) is 30.1 cm³/mol. The maximum Gasteiger partial charge on any atom is 0.215 e. The molecule has 0 saturated heterocycles. The first-order valence-corrected chi connectivity index (χ1v) is 2.57. The zero-order chi connectivity index (χ0) is 6.62. The summed E-state index contributed by atoms with van der Waals surface area (Å²) in [5, 5.41) is 16.4. The van der Waals surface area contributed by atoms with Crippen molar-refractivity contribution in [2.45, 2.75) is 18.2 Å². The van der Waals surface area contributed by atoms with Crippen molar-refractivity contribution in [2.75, 3.05) is 0 Å². The maximum absolute atomic E-state index is 8.18. The molecule has 0 atom stereocenters. The van der Waals surface area contributed by atoms with E-state index in [0.717, 1.165) is 0 Å². The summed E-state index contributed by atoms with van der Waals surface area (Å²) in [5.74, 6) is 0. The van der Waals surface area contributed by atoms with Crippen LogP contribution in [0.15, 0.2) is 0 Å². The topological polar surface area (TPSA) is 47.6 Å². The van der Waals surface area contributed by atoms with E-state index in [2.05, 4.69) is 0 Å². The van der Waals surface area contributed by atoms with Gasteiger partial charge in [0.1, 0.15) is 12.1 Å². The van der Waals surface area contributed by atoms with Crippen LogP contribution in [0.3, 0.4) is 0 Å². The van der Waals surface area contributed by atoms with Gasteiger partial charge in [-0.25, -0.2) is 0 Å². The largest absolute Gasteiger partial charge is 0.215 e. The molecule has 42 valence electrons. The molecule has 3 heteroatoms. The van der Waals surface area contributed by atoms with Crippen LogP contribution in [0.1, 0.15) is 13.3 Å². The van der Waals surface area contributed by atoms with E-state index in [-0.39, 0.29) is 0 Å². The van der Waals surface area contributed by atoms with Crippen molar-refractivity contribution in [2.24, 2.45) is 0 Å². The molecule has 0 unspecified atom stereocenters. The van der Waals surface area contributed by atoms with Crippen molar-refractivity contribution in [3.63, 3.8) is 0 Å². The molecular formula is C5H5ClN2. The van der Waals surface area contributed by atoms with Gasteiger partial charge in [-0.15, -0.1) is 0 Å². The maximum atomic E-state index is 8.18. The summed E-state index contributed by atoms with van der Waals surface area (Å²) in [6.45, 7) is 1.69. The van der Waals surface area contributed by atoms with E-state index in [4.69, 9.17) is 22.1 Å². The highest BCUT2D eigenvalue weighted by Gasteiger charge is 2.22.